The van der Waals surface area contributed by atoms with E-state index in [1.165, 1.54) is 18.2 Å². The van der Waals surface area contributed by atoms with Gasteiger partial charge in [-0.1, -0.05) is 32.9 Å². The van der Waals surface area contributed by atoms with Gasteiger partial charge in [0, 0.05) is 12.6 Å². The molecule has 2 unspecified atom stereocenters. The van der Waals surface area contributed by atoms with E-state index >= 15 is 0 Å². The van der Waals surface area contributed by atoms with Gasteiger partial charge in [0.1, 0.15) is 17.4 Å². The van der Waals surface area contributed by atoms with Crippen molar-refractivity contribution in [2.24, 2.45) is 10.8 Å². The van der Waals surface area contributed by atoms with Crippen LogP contribution in [0.5, 0.6) is 5.75 Å². The van der Waals surface area contributed by atoms with Gasteiger partial charge in [-0.05, 0) is 53.9 Å². The number of hydrogen-bond acceptors (Lipinski definition) is 3. The lowest BCUT2D eigenvalue weighted by atomic mass is 9.65. The molecule has 0 N–H and O–H groups in total. The van der Waals surface area contributed by atoms with Crippen molar-refractivity contribution in [3.8, 4) is 11.8 Å². The van der Waals surface area contributed by atoms with Gasteiger partial charge < -0.3 is 9.64 Å². The number of hydrogen-bond donors (Lipinski definition) is 0. The molecule has 1 saturated carbocycles. The van der Waals surface area contributed by atoms with E-state index in [0.29, 0.717) is 12.1 Å². The lowest BCUT2D eigenvalue weighted by molar-refractivity contribution is -0.127. The van der Waals surface area contributed by atoms with Crippen LogP contribution < -0.4 is 4.74 Å². The van der Waals surface area contributed by atoms with Crippen LogP contribution in [0.3, 0.4) is 0 Å². The predicted octanol–water partition coefficient (Wildman–Crippen LogP) is 4.62. The molecular weight excluding hydrogens is 350 g/mol. The van der Waals surface area contributed by atoms with Crippen LogP contribution >= 0.6 is 0 Å². The lowest BCUT2D eigenvalue weighted by Crippen LogP contribution is -2.38. The van der Waals surface area contributed by atoms with Gasteiger partial charge in [-0.2, -0.15) is 14.0 Å². The number of nitriles is 1. The monoisotopic (exact) mass is 374 g/mol. The Morgan fingerprint density at radius 1 is 1.30 bits per heavy atom. The minimum atomic E-state index is -2.89. The van der Waals surface area contributed by atoms with Crippen molar-refractivity contribution in [1.29, 1.82) is 5.26 Å². The maximum Gasteiger partial charge on any atom is 0.387 e. The van der Waals surface area contributed by atoms with Gasteiger partial charge >= 0.3 is 6.61 Å². The maximum absolute atomic E-state index is 13.0. The molecule has 2 atom stereocenters. The van der Waals surface area contributed by atoms with E-state index in [-0.39, 0.29) is 34.1 Å². The number of alkyl halides is 2. The molecule has 0 radical (unpaired) electrons. The van der Waals surface area contributed by atoms with Crippen molar-refractivity contribution in [1.82, 2.24) is 4.90 Å². The summed E-state index contributed by atoms with van der Waals surface area (Å²) in [5, 5.41) is 9.51. The molecule has 3 rings (SSSR count). The molecule has 4 nitrogen and oxygen atoms in total. The van der Waals surface area contributed by atoms with Crippen LogP contribution in [0.4, 0.5) is 8.78 Å². The molecule has 1 heterocycles. The first kappa shape index (κ1) is 19.3. The maximum atomic E-state index is 13.0. The molecule has 144 valence electrons. The fourth-order valence-corrected chi connectivity index (χ4v) is 4.91. The predicted molar refractivity (Wildman–Crippen MR) is 97.9 cm³/mol. The number of fused-ring (bicyclic) bond motifs is 2. The summed E-state index contributed by atoms with van der Waals surface area (Å²) in [5.41, 5.74) is 0.933. The third kappa shape index (κ3) is 4.29. The van der Waals surface area contributed by atoms with Gasteiger partial charge in [0.05, 0.1) is 0 Å². The fraction of sp³-hybridized carbons (Fsp3) is 0.524. The summed E-state index contributed by atoms with van der Waals surface area (Å²) in [6.07, 6.45) is 4.48. The van der Waals surface area contributed by atoms with Crippen LogP contribution in [0, 0.1) is 22.2 Å². The van der Waals surface area contributed by atoms with Crippen molar-refractivity contribution in [2.45, 2.75) is 52.7 Å². The van der Waals surface area contributed by atoms with Gasteiger partial charge in [-0.25, -0.2) is 0 Å². The molecule has 0 spiro atoms. The highest BCUT2D eigenvalue weighted by molar-refractivity contribution is 6.02. The second-order valence-corrected chi connectivity index (χ2v) is 8.76. The first-order chi connectivity index (χ1) is 12.6. The highest BCUT2D eigenvalue weighted by Crippen LogP contribution is 2.52. The molecule has 0 aromatic heterocycles. The van der Waals surface area contributed by atoms with Crippen LogP contribution in [-0.2, 0) is 4.79 Å². The van der Waals surface area contributed by atoms with Crippen LogP contribution in [-0.4, -0.2) is 30.0 Å². The molecule has 1 aliphatic heterocycles. The fourth-order valence-electron chi connectivity index (χ4n) is 4.91. The average molecular weight is 374 g/mol. The van der Waals surface area contributed by atoms with Gasteiger partial charge in [0.2, 0.25) is 0 Å². The summed E-state index contributed by atoms with van der Waals surface area (Å²) in [6.45, 7) is 4.46. The quantitative estimate of drug-likeness (QED) is 0.571. The average Bonchev–Trinajstić information content (AvgIpc) is 2.82. The Kier molecular flexibility index (Phi) is 4.98. The van der Waals surface area contributed by atoms with Crippen LogP contribution in [0.2, 0.25) is 0 Å². The van der Waals surface area contributed by atoms with Crippen molar-refractivity contribution >= 4 is 12.0 Å². The van der Waals surface area contributed by atoms with Crippen molar-refractivity contribution in [3.05, 3.63) is 35.4 Å². The van der Waals surface area contributed by atoms with E-state index in [1.807, 2.05) is 11.0 Å². The van der Waals surface area contributed by atoms with E-state index in [9.17, 15) is 18.8 Å². The molecule has 2 bridgehead atoms. The standard InChI is InChI=1S/C21H24F2N2O2/c1-20(2)9-16-10-21(3,12-20)13-25(16)18(26)15(11-24)8-14-4-6-17(7-5-14)27-19(22)23/h4-8,16,19H,9-10,12-13H2,1-3H3/b15-8-. The zero-order valence-corrected chi connectivity index (χ0v) is 15.8. The molecule has 1 aromatic carbocycles. The largest absolute Gasteiger partial charge is 0.435 e. The number of benzene rings is 1. The third-order valence-electron chi connectivity index (χ3n) is 5.44. The topological polar surface area (TPSA) is 53.3 Å². The summed E-state index contributed by atoms with van der Waals surface area (Å²) in [6, 6.07) is 8.05. The number of nitrogens with zero attached hydrogens (tertiary/aromatic N) is 2. The number of rotatable bonds is 4. The van der Waals surface area contributed by atoms with Crippen molar-refractivity contribution < 1.29 is 18.3 Å². The number of ether oxygens (including phenoxy) is 1. The number of likely N-dealkylation sites (tertiary alicyclic amines) is 1. The summed E-state index contributed by atoms with van der Waals surface area (Å²) in [7, 11) is 0. The molecule has 1 aliphatic carbocycles. The van der Waals surface area contributed by atoms with Gasteiger partial charge in [-0.15, -0.1) is 0 Å². The normalized spacial score (nSPS) is 26.8. The van der Waals surface area contributed by atoms with Crippen molar-refractivity contribution in [3.63, 3.8) is 0 Å². The van der Waals surface area contributed by atoms with E-state index < -0.39 is 6.61 Å². The highest BCUT2D eigenvalue weighted by Gasteiger charge is 2.51. The Hall–Kier alpha value is -2.42. The lowest BCUT2D eigenvalue weighted by Gasteiger charge is -2.39. The van der Waals surface area contributed by atoms with Crippen LogP contribution in [0.1, 0.15) is 45.6 Å². The van der Waals surface area contributed by atoms with Gasteiger partial charge in [0.25, 0.3) is 5.91 Å². The minimum Gasteiger partial charge on any atom is -0.435 e. The molecule has 1 amide bonds. The molecular formula is C21H24F2N2O2. The van der Waals surface area contributed by atoms with E-state index in [1.54, 1.807) is 12.1 Å². The summed E-state index contributed by atoms with van der Waals surface area (Å²) < 4.78 is 28.8. The number of carbonyl (C=O) groups is 1. The minimum absolute atomic E-state index is 0.0375. The number of halogens is 2. The zero-order chi connectivity index (χ0) is 19.8. The summed E-state index contributed by atoms with van der Waals surface area (Å²) in [4.78, 5) is 14.8. The van der Waals surface area contributed by atoms with Crippen LogP contribution in [0.25, 0.3) is 6.08 Å². The third-order valence-corrected chi connectivity index (χ3v) is 5.44. The molecule has 6 heteroatoms. The molecule has 1 aromatic rings. The second-order valence-electron chi connectivity index (χ2n) is 8.76. The first-order valence-electron chi connectivity index (χ1n) is 9.09. The Labute approximate surface area is 158 Å². The molecule has 2 fully saturated rings. The Morgan fingerprint density at radius 2 is 1.96 bits per heavy atom. The van der Waals surface area contributed by atoms with E-state index in [2.05, 4.69) is 25.5 Å². The van der Waals surface area contributed by atoms with Crippen molar-refractivity contribution in [2.75, 3.05) is 6.54 Å². The highest BCUT2D eigenvalue weighted by atomic mass is 19.3. The first-order valence-corrected chi connectivity index (χ1v) is 9.09. The summed E-state index contributed by atoms with van der Waals surface area (Å²) >= 11 is 0. The number of carbonyl (C=O) groups excluding carboxylic acids is 1. The number of amides is 1. The Morgan fingerprint density at radius 3 is 2.56 bits per heavy atom. The Bertz CT molecular complexity index is 795. The Balaban J connectivity index is 1.79. The van der Waals surface area contributed by atoms with E-state index in [4.69, 9.17) is 0 Å². The smallest absolute Gasteiger partial charge is 0.387 e. The van der Waals surface area contributed by atoms with Gasteiger partial charge in [-0.3, -0.25) is 4.79 Å². The molecule has 1 saturated heterocycles. The molecule has 27 heavy (non-hydrogen) atoms. The van der Waals surface area contributed by atoms with Crippen LogP contribution in [0.15, 0.2) is 29.8 Å². The SMILES string of the molecule is CC1(C)CC2CC(C)(CN2C(=O)/C(C#N)=C\c2ccc(OC(F)F)cc2)C1. The zero-order valence-electron chi connectivity index (χ0n) is 15.8. The second kappa shape index (κ2) is 6.95. The summed E-state index contributed by atoms with van der Waals surface area (Å²) in [5.74, 6) is -0.215. The molecule has 2 aliphatic rings. The van der Waals surface area contributed by atoms with E-state index in [0.717, 1.165) is 19.3 Å². The van der Waals surface area contributed by atoms with Gasteiger partial charge in [0.15, 0.2) is 0 Å².